The van der Waals surface area contributed by atoms with Gasteiger partial charge in [-0.1, -0.05) is 31.5 Å². The van der Waals surface area contributed by atoms with Gasteiger partial charge in [0, 0.05) is 31.1 Å². The van der Waals surface area contributed by atoms with Gasteiger partial charge in [0.05, 0.1) is 11.3 Å². The van der Waals surface area contributed by atoms with Crippen LogP contribution in [-0.2, 0) is 16.0 Å². The average molecular weight is 410 g/mol. The van der Waals surface area contributed by atoms with E-state index in [0.717, 1.165) is 50.3 Å². The van der Waals surface area contributed by atoms with Crippen LogP contribution >= 0.6 is 11.3 Å². The van der Waals surface area contributed by atoms with Gasteiger partial charge in [-0.05, 0) is 49.0 Å². The van der Waals surface area contributed by atoms with Gasteiger partial charge >= 0.3 is 0 Å². The predicted octanol–water partition coefficient (Wildman–Crippen LogP) is 3.62. The molecule has 1 saturated heterocycles. The molecule has 152 valence electrons. The van der Waals surface area contributed by atoms with E-state index >= 15 is 0 Å². The molecule has 5 nitrogen and oxygen atoms in total. The van der Waals surface area contributed by atoms with Crippen molar-refractivity contribution in [2.24, 2.45) is 0 Å². The minimum atomic E-state index is -0.215. The summed E-state index contributed by atoms with van der Waals surface area (Å²) in [6.45, 7) is 5.45. The average Bonchev–Trinajstić information content (AvgIpc) is 3.34. The summed E-state index contributed by atoms with van der Waals surface area (Å²) in [5.41, 5.74) is 2.99. The molecule has 1 aromatic carbocycles. The molecule has 2 aliphatic heterocycles. The second kappa shape index (κ2) is 8.51. The monoisotopic (exact) mass is 409 g/mol. The molecular formula is C23H27N3O2S. The van der Waals surface area contributed by atoms with Crippen LogP contribution in [0, 0.1) is 0 Å². The van der Waals surface area contributed by atoms with Crippen LogP contribution in [0.2, 0.25) is 0 Å². The Morgan fingerprint density at radius 2 is 1.69 bits per heavy atom. The van der Waals surface area contributed by atoms with Crippen LogP contribution in [0.25, 0.3) is 5.57 Å². The Morgan fingerprint density at radius 3 is 2.31 bits per heavy atom. The van der Waals surface area contributed by atoms with Crippen molar-refractivity contribution < 1.29 is 9.59 Å². The molecule has 29 heavy (non-hydrogen) atoms. The highest BCUT2D eigenvalue weighted by Crippen LogP contribution is 2.36. The minimum absolute atomic E-state index is 0.204. The lowest BCUT2D eigenvalue weighted by molar-refractivity contribution is -0.120. The van der Waals surface area contributed by atoms with E-state index in [1.807, 2.05) is 41.8 Å². The van der Waals surface area contributed by atoms with Crippen LogP contribution < -0.4 is 4.90 Å². The van der Waals surface area contributed by atoms with Gasteiger partial charge in [-0.2, -0.15) is 0 Å². The standard InChI is InChI=1S/C23H27N3O2S/c1-3-4-6-17-8-10-18(11-9-17)26-22(27)20(19-7-5-16-29-19)21(23(26)28)25-14-12-24(2)13-15-25/h5,7-11,16H,3-4,6,12-15H2,1-2H3. The lowest BCUT2D eigenvalue weighted by Gasteiger charge is -2.34. The topological polar surface area (TPSA) is 43.9 Å². The number of amides is 2. The highest BCUT2D eigenvalue weighted by atomic mass is 32.1. The van der Waals surface area contributed by atoms with Crippen molar-refractivity contribution in [1.29, 1.82) is 0 Å². The molecule has 1 aromatic heterocycles. The highest BCUT2D eigenvalue weighted by Gasteiger charge is 2.43. The summed E-state index contributed by atoms with van der Waals surface area (Å²) in [7, 11) is 2.08. The quantitative estimate of drug-likeness (QED) is 0.684. The molecule has 4 rings (SSSR count). The SMILES string of the molecule is CCCCc1ccc(N2C(=O)C(c3cccs3)=C(N3CCN(C)CC3)C2=O)cc1. The fraction of sp³-hybridized carbons (Fsp3) is 0.391. The number of rotatable bonds is 6. The van der Waals surface area contributed by atoms with Crippen molar-refractivity contribution in [1.82, 2.24) is 9.80 Å². The maximum Gasteiger partial charge on any atom is 0.282 e. The number of carbonyl (C=O) groups is 2. The second-order valence-corrected chi connectivity index (χ2v) is 8.65. The zero-order valence-electron chi connectivity index (χ0n) is 17.1. The third-order valence-corrected chi connectivity index (χ3v) is 6.55. The number of unbranched alkanes of at least 4 members (excludes halogenated alkanes) is 1. The number of benzene rings is 1. The predicted molar refractivity (Wildman–Crippen MR) is 118 cm³/mol. The Labute approximate surface area is 176 Å². The van der Waals surface area contributed by atoms with Crippen molar-refractivity contribution in [3.63, 3.8) is 0 Å². The number of imide groups is 1. The second-order valence-electron chi connectivity index (χ2n) is 7.71. The Bertz CT molecular complexity index is 910. The lowest BCUT2D eigenvalue weighted by atomic mass is 10.1. The largest absolute Gasteiger partial charge is 0.364 e. The van der Waals surface area contributed by atoms with Gasteiger partial charge < -0.3 is 9.80 Å². The molecule has 0 saturated carbocycles. The summed E-state index contributed by atoms with van der Waals surface area (Å²) in [5.74, 6) is -0.419. The summed E-state index contributed by atoms with van der Waals surface area (Å²) in [5, 5.41) is 1.95. The number of thiophene rings is 1. The summed E-state index contributed by atoms with van der Waals surface area (Å²) in [6, 6.07) is 11.7. The number of carbonyl (C=O) groups excluding carboxylic acids is 2. The first kappa shape index (κ1) is 19.9. The van der Waals surface area contributed by atoms with Crippen LogP contribution in [0.4, 0.5) is 5.69 Å². The number of piperazine rings is 1. The van der Waals surface area contributed by atoms with Crippen LogP contribution in [-0.4, -0.2) is 54.8 Å². The van der Waals surface area contributed by atoms with Crippen molar-refractivity contribution in [3.8, 4) is 0 Å². The Morgan fingerprint density at radius 1 is 0.966 bits per heavy atom. The number of nitrogens with zero attached hydrogens (tertiary/aromatic N) is 3. The molecule has 0 unspecified atom stereocenters. The Balaban J connectivity index is 1.67. The number of anilines is 1. The van der Waals surface area contributed by atoms with Crippen molar-refractivity contribution in [3.05, 3.63) is 57.9 Å². The zero-order valence-corrected chi connectivity index (χ0v) is 17.9. The van der Waals surface area contributed by atoms with E-state index in [4.69, 9.17) is 0 Å². The Hall–Kier alpha value is -2.44. The van der Waals surface area contributed by atoms with Crippen LogP contribution in [0.1, 0.15) is 30.2 Å². The van der Waals surface area contributed by atoms with Crippen molar-refractivity contribution in [2.45, 2.75) is 26.2 Å². The summed E-state index contributed by atoms with van der Waals surface area (Å²) in [6.07, 6.45) is 3.30. The van der Waals surface area contributed by atoms with E-state index in [9.17, 15) is 9.59 Å². The molecule has 0 bridgehead atoms. The first-order chi connectivity index (χ1) is 14.1. The molecule has 0 N–H and O–H groups in total. The van der Waals surface area contributed by atoms with Crippen molar-refractivity contribution in [2.75, 3.05) is 38.1 Å². The molecule has 1 fully saturated rings. The lowest BCUT2D eigenvalue weighted by Crippen LogP contribution is -2.46. The molecule has 2 aliphatic rings. The normalized spacial score (nSPS) is 18.3. The third kappa shape index (κ3) is 3.87. The smallest absolute Gasteiger partial charge is 0.282 e. The summed E-state index contributed by atoms with van der Waals surface area (Å²) in [4.78, 5) is 33.4. The highest BCUT2D eigenvalue weighted by molar-refractivity contribution is 7.11. The zero-order chi connectivity index (χ0) is 20.4. The summed E-state index contributed by atoms with van der Waals surface area (Å²) < 4.78 is 0. The first-order valence-corrected chi connectivity index (χ1v) is 11.2. The van der Waals surface area contributed by atoms with E-state index in [1.165, 1.54) is 21.8 Å². The molecule has 0 atom stereocenters. The molecule has 0 aliphatic carbocycles. The molecule has 6 heteroatoms. The fourth-order valence-electron chi connectivity index (χ4n) is 3.91. The van der Waals surface area contributed by atoms with Crippen LogP contribution in [0.5, 0.6) is 0 Å². The maximum atomic E-state index is 13.5. The van der Waals surface area contributed by atoms with Gasteiger partial charge in [0.25, 0.3) is 11.8 Å². The number of aryl methyl sites for hydroxylation is 1. The minimum Gasteiger partial charge on any atom is -0.364 e. The van der Waals surface area contributed by atoms with Gasteiger partial charge in [-0.3, -0.25) is 9.59 Å². The van der Waals surface area contributed by atoms with E-state index in [-0.39, 0.29) is 11.8 Å². The van der Waals surface area contributed by atoms with Gasteiger partial charge in [-0.25, -0.2) is 4.90 Å². The van der Waals surface area contributed by atoms with Gasteiger partial charge in [0.1, 0.15) is 5.70 Å². The number of likely N-dealkylation sites (N-methyl/N-ethyl adjacent to an activating group) is 1. The maximum absolute atomic E-state index is 13.5. The Kier molecular flexibility index (Phi) is 5.83. The van der Waals surface area contributed by atoms with E-state index in [1.54, 1.807) is 0 Å². The van der Waals surface area contributed by atoms with Gasteiger partial charge in [0.2, 0.25) is 0 Å². The van der Waals surface area contributed by atoms with Crippen LogP contribution in [0.15, 0.2) is 47.5 Å². The van der Waals surface area contributed by atoms with E-state index < -0.39 is 0 Å². The van der Waals surface area contributed by atoms with Gasteiger partial charge in [-0.15, -0.1) is 11.3 Å². The van der Waals surface area contributed by atoms with Gasteiger partial charge in [0.15, 0.2) is 0 Å². The fourth-order valence-corrected chi connectivity index (χ4v) is 4.67. The molecule has 3 heterocycles. The molecule has 2 amide bonds. The van der Waals surface area contributed by atoms with E-state index in [2.05, 4.69) is 23.8 Å². The first-order valence-electron chi connectivity index (χ1n) is 10.3. The number of hydrogen-bond acceptors (Lipinski definition) is 5. The molecule has 2 aromatic rings. The third-order valence-electron chi connectivity index (χ3n) is 5.66. The van der Waals surface area contributed by atoms with Crippen LogP contribution in [0.3, 0.4) is 0 Å². The summed E-state index contributed by atoms with van der Waals surface area (Å²) >= 11 is 1.51. The number of hydrogen-bond donors (Lipinski definition) is 0. The van der Waals surface area contributed by atoms with E-state index in [0.29, 0.717) is 17.0 Å². The van der Waals surface area contributed by atoms with Crippen molar-refractivity contribution >= 4 is 34.4 Å². The molecular weight excluding hydrogens is 382 g/mol. The molecule has 0 radical (unpaired) electrons. The molecule has 0 spiro atoms.